The molecule has 33 heavy (non-hydrogen) atoms. The minimum absolute atomic E-state index is 0.0125. The molecule has 1 aliphatic rings. The van der Waals surface area contributed by atoms with Gasteiger partial charge in [0, 0.05) is 5.69 Å². The first-order valence-electron chi connectivity index (χ1n) is 10.7. The molecule has 0 aromatic heterocycles. The van der Waals surface area contributed by atoms with Crippen LogP contribution in [0.5, 0.6) is 11.5 Å². The first-order valence-corrected chi connectivity index (χ1v) is 11.6. The lowest BCUT2D eigenvalue weighted by molar-refractivity contribution is -0.127. The van der Waals surface area contributed by atoms with E-state index in [9.17, 15) is 14.4 Å². The van der Waals surface area contributed by atoms with Crippen molar-refractivity contribution in [3.8, 4) is 11.5 Å². The maximum absolute atomic E-state index is 12.8. The highest BCUT2D eigenvalue weighted by Gasteiger charge is 2.36. The van der Waals surface area contributed by atoms with Gasteiger partial charge >= 0.3 is 0 Å². The lowest BCUT2D eigenvalue weighted by Gasteiger charge is -2.15. The number of aryl methyl sites for hydroxylation is 2. The van der Waals surface area contributed by atoms with Crippen LogP contribution in [0, 0.1) is 13.8 Å². The van der Waals surface area contributed by atoms with E-state index in [2.05, 4.69) is 5.32 Å². The Morgan fingerprint density at radius 3 is 2.52 bits per heavy atom. The lowest BCUT2D eigenvalue weighted by Crippen LogP contribution is -2.36. The van der Waals surface area contributed by atoms with Crippen molar-refractivity contribution in [2.45, 2.75) is 40.7 Å². The Morgan fingerprint density at radius 1 is 1.09 bits per heavy atom. The number of carbonyl (C=O) groups excluding carboxylic acids is 3. The Labute approximate surface area is 198 Å². The molecule has 0 saturated carbocycles. The summed E-state index contributed by atoms with van der Waals surface area (Å²) in [5, 5.41) is 2.26. The van der Waals surface area contributed by atoms with Crippen LogP contribution in [0.4, 0.5) is 10.5 Å². The molecule has 0 bridgehead atoms. The van der Waals surface area contributed by atoms with Gasteiger partial charge in [-0.3, -0.25) is 19.3 Å². The zero-order chi connectivity index (χ0) is 24.1. The Kier molecular flexibility index (Phi) is 7.81. The molecule has 0 radical (unpaired) electrons. The molecule has 1 aliphatic heterocycles. The number of imide groups is 1. The molecule has 2 aromatic carbocycles. The van der Waals surface area contributed by atoms with Crippen LogP contribution in [-0.2, 0) is 9.59 Å². The van der Waals surface area contributed by atoms with Gasteiger partial charge in [0.2, 0.25) is 5.91 Å². The lowest BCUT2D eigenvalue weighted by atomic mass is 10.1. The highest BCUT2D eigenvalue weighted by molar-refractivity contribution is 8.18. The molecule has 1 fully saturated rings. The van der Waals surface area contributed by atoms with Crippen LogP contribution in [0.15, 0.2) is 41.3 Å². The smallest absolute Gasteiger partial charge is 0.294 e. The van der Waals surface area contributed by atoms with Crippen molar-refractivity contribution in [3.05, 3.63) is 58.0 Å². The minimum Gasteiger partial charge on any atom is -0.490 e. The van der Waals surface area contributed by atoms with Gasteiger partial charge in [0.1, 0.15) is 6.54 Å². The fourth-order valence-corrected chi connectivity index (χ4v) is 4.02. The highest BCUT2D eigenvalue weighted by atomic mass is 32.2. The first kappa shape index (κ1) is 24.4. The number of benzene rings is 2. The molecule has 3 rings (SSSR count). The van der Waals surface area contributed by atoms with Gasteiger partial charge in [-0.2, -0.15) is 0 Å². The van der Waals surface area contributed by atoms with E-state index in [0.29, 0.717) is 29.4 Å². The fourth-order valence-electron chi connectivity index (χ4n) is 3.19. The molecule has 7 nitrogen and oxygen atoms in total. The summed E-state index contributed by atoms with van der Waals surface area (Å²) in [5.41, 5.74) is 3.47. The molecular formula is C25H28N2O5S. The summed E-state index contributed by atoms with van der Waals surface area (Å²) in [6, 6.07) is 10.9. The van der Waals surface area contributed by atoms with Crippen LogP contribution in [0.3, 0.4) is 0 Å². The summed E-state index contributed by atoms with van der Waals surface area (Å²) < 4.78 is 11.4. The number of hydrogen-bond donors (Lipinski definition) is 1. The summed E-state index contributed by atoms with van der Waals surface area (Å²) in [7, 11) is 0. The number of anilines is 1. The van der Waals surface area contributed by atoms with Crippen molar-refractivity contribution >= 4 is 40.6 Å². The number of carbonyl (C=O) groups is 3. The molecule has 3 amide bonds. The number of amides is 3. The van der Waals surface area contributed by atoms with Crippen molar-refractivity contribution < 1.29 is 23.9 Å². The van der Waals surface area contributed by atoms with E-state index in [-0.39, 0.29) is 17.6 Å². The second-order valence-electron chi connectivity index (χ2n) is 7.92. The van der Waals surface area contributed by atoms with Gasteiger partial charge < -0.3 is 14.8 Å². The molecule has 174 valence electrons. The molecule has 0 aliphatic carbocycles. The maximum Gasteiger partial charge on any atom is 0.294 e. The highest BCUT2D eigenvalue weighted by Crippen LogP contribution is 2.35. The number of rotatable bonds is 8. The molecule has 1 saturated heterocycles. The first-order chi connectivity index (χ1) is 15.7. The minimum atomic E-state index is -0.499. The van der Waals surface area contributed by atoms with Crippen molar-refractivity contribution in [3.63, 3.8) is 0 Å². The number of nitrogens with one attached hydrogen (secondary N) is 1. The average Bonchev–Trinajstić information content (AvgIpc) is 3.00. The zero-order valence-corrected chi connectivity index (χ0v) is 20.2. The second kappa shape index (κ2) is 10.6. The number of hydrogen-bond acceptors (Lipinski definition) is 6. The summed E-state index contributed by atoms with van der Waals surface area (Å²) in [4.78, 5) is 38.9. The third kappa shape index (κ3) is 6.16. The molecule has 8 heteroatoms. The normalized spacial score (nSPS) is 14.8. The Morgan fingerprint density at radius 2 is 1.85 bits per heavy atom. The topological polar surface area (TPSA) is 84.9 Å². The van der Waals surface area contributed by atoms with Gasteiger partial charge in [0.25, 0.3) is 11.1 Å². The summed E-state index contributed by atoms with van der Waals surface area (Å²) in [5.74, 6) is 0.239. The monoisotopic (exact) mass is 468 g/mol. The molecule has 2 aromatic rings. The van der Waals surface area contributed by atoms with Gasteiger partial charge in [-0.05, 0) is 93.4 Å². The van der Waals surface area contributed by atoms with Crippen LogP contribution >= 0.6 is 11.8 Å². The molecule has 0 atom stereocenters. The Balaban J connectivity index is 1.73. The van der Waals surface area contributed by atoms with E-state index in [1.807, 2.05) is 46.8 Å². The van der Waals surface area contributed by atoms with Crippen molar-refractivity contribution in [1.82, 2.24) is 4.90 Å². The Hall–Kier alpha value is -3.26. The van der Waals surface area contributed by atoms with Crippen LogP contribution in [0.2, 0.25) is 0 Å². The molecule has 0 spiro atoms. The number of thioether (sulfide) groups is 1. The molecule has 1 N–H and O–H groups in total. The average molecular weight is 469 g/mol. The molecule has 0 unspecified atom stereocenters. The second-order valence-corrected chi connectivity index (χ2v) is 8.91. The van der Waals surface area contributed by atoms with E-state index in [1.54, 1.807) is 30.3 Å². The summed E-state index contributed by atoms with van der Waals surface area (Å²) >= 11 is 0.810. The summed E-state index contributed by atoms with van der Waals surface area (Å²) in [6.45, 7) is 9.77. The van der Waals surface area contributed by atoms with Crippen molar-refractivity contribution in [1.29, 1.82) is 0 Å². The summed E-state index contributed by atoms with van der Waals surface area (Å²) in [6.07, 6.45) is 1.61. The predicted molar refractivity (Wildman–Crippen MR) is 131 cm³/mol. The van der Waals surface area contributed by atoms with E-state index < -0.39 is 17.1 Å². The SMILES string of the molecule is CCOc1cc(/C=C2/SC(=O)N(CC(=O)Nc3ccc(C)c(C)c3)C2=O)ccc1OC(C)C. The zero-order valence-electron chi connectivity index (χ0n) is 19.4. The van der Waals surface area contributed by atoms with E-state index in [4.69, 9.17) is 9.47 Å². The molecular weight excluding hydrogens is 440 g/mol. The van der Waals surface area contributed by atoms with Crippen LogP contribution in [-0.4, -0.2) is 41.2 Å². The third-order valence-corrected chi connectivity index (χ3v) is 5.80. The van der Waals surface area contributed by atoms with Crippen LogP contribution in [0.25, 0.3) is 6.08 Å². The van der Waals surface area contributed by atoms with E-state index in [1.165, 1.54) is 0 Å². The van der Waals surface area contributed by atoms with E-state index >= 15 is 0 Å². The van der Waals surface area contributed by atoms with Crippen molar-refractivity contribution in [2.24, 2.45) is 0 Å². The quantitative estimate of drug-likeness (QED) is 0.539. The fraction of sp³-hybridized carbons (Fsp3) is 0.320. The standard InChI is InChI=1S/C25H28N2O5S/c1-6-31-21-12-18(8-10-20(21)32-15(2)3)13-22-24(29)27(25(30)33-22)14-23(28)26-19-9-7-16(4)17(5)11-19/h7-13,15H,6,14H2,1-5H3,(H,26,28)/b22-13+. The number of ether oxygens (including phenoxy) is 2. The van der Waals surface area contributed by atoms with Crippen LogP contribution in [0.1, 0.15) is 37.5 Å². The van der Waals surface area contributed by atoms with Gasteiger partial charge in [-0.15, -0.1) is 0 Å². The Bertz CT molecular complexity index is 1110. The van der Waals surface area contributed by atoms with Crippen LogP contribution < -0.4 is 14.8 Å². The van der Waals surface area contributed by atoms with Gasteiger partial charge in [0.15, 0.2) is 11.5 Å². The van der Waals surface area contributed by atoms with Gasteiger partial charge in [0.05, 0.1) is 17.6 Å². The largest absolute Gasteiger partial charge is 0.490 e. The van der Waals surface area contributed by atoms with Crippen molar-refractivity contribution in [2.75, 3.05) is 18.5 Å². The van der Waals surface area contributed by atoms with E-state index in [0.717, 1.165) is 27.8 Å². The maximum atomic E-state index is 12.8. The number of nitrogens with zero attached hydrogens (tertiary/aromatic N) is 1. The molecule has 1 heterocycles. The predicted octanol–water partition coefficient (Wildman–Crippen LogP) is 5.16. The van der Waals surface area contributed by atoms with Gasteiger partial charge in [-0.25, -0.2) is 0 Å². The third-order valence-electron chi connectivity index (χ3n) is 4.89. The van der Waals surface area contributed by atoms with Gasteiger partial charge in [-0.1, -0.05) is 12.1 Å².